The lowest BCUT2D eigenvalue weighted by molar-refractivity contribution is -0.00145. The van der Waals surface area contributed by atoms with Crippen LogP contribution in [0.3, 0.4) is 0 Å². The molecule has 1 aromatic rings. The molecule has 108 valence electrons. The zero-order valence-corrected chi connectivity index (χ0v) is 12.5. The Bertz CT molecular complexity index is 497. The first-order valence-corrected chi connectivity index (χ1v) is 8.06. The van der Waals surface area contributed by atoms with Crippen molar-refractivity contribution in [1.82, 2.24) is 4.98 Å². The molecular weight excluding hydrogens is 246 g/mol. The van der Waals surface area contributed by atoms with E-state index in [1.165, 1.54) is 37.7 Å². The van der Waals surface area contributed by atoms with Gasteiger partial charge < -0.3 is 10.6 Å². The van der Waals surface area contributed by atoms with Crippen molar-refractivity contribution in [3.63, 3.8) is 0 Å². The maximum Gasteiger partial charge on any atom is 0.131 e. The van der Waals surface area contributed by atoms with Crippen LogP contribution in [0.15, 0.2) is 12.3 Å². The van der Waals surface area contributed by atoms with Crippen LogP contribution in [0, 0.1) is 30.6 Å². The van der Waals surface area contributed by atoms with Gasteiger partial charge in [0, 0.05) is 13.1 Å². The molecule has 0 amide bonds. The van der Waals surface area contributed by atoms with Crippen LogP contribution < -0.4 is 10.6 Å². The van der Waals surface area contributed by atoms with Crippen LogP contribution in [0.2, 0.25) is 0 Å². The van der Waals surface area contributed by atoms with E-state index in [2.05, 4.69) is 29.9 Å². The van der Waals surface area contributed by atoms with E-state index >= 15 is 0 Å². The molecule has 4 saturated carbocycles. The highest BCUT2D eigenvalue weighted by Gasteiger charge is 2.49. The van der Waals surface area contributed by atoms with Crippen molar-refractivity contribution in [2.75, 3.05) is 17.7 Å². The number of nitrogens with two attached hydrogens (primary N) is 1. The molecular formula is C17H25N3. The maximum atomic E-state index is 5.84. The number of aryl methyl sites for hydroxylation is 1. The lowest BCUT2D eigenvalue weighted by Crippen LogP contribution is -2.55. The van der Waals surface area contributed by atoms with Gasteiger partial charge in [-0.25, -0.2) is 4.98 Å². The number of rotatable bonds is 2. The van der Waals surface area contributed by atoms with Crippen molar-refractivity contribution < 1.29 is 0 Å². The second kappa shape index (κ2) is 4.37. The zero-order valence-electron chi connectivity index (χ0n) is 12.5. The fraction of sp³-hybridized carbons (Fsp3) is 0.706. The predicted octanol–water partition coefficient (Wildman–Crippen LogP) is 3.23. The highest BCUT2D eigenvalue weighted by atomic mass is 15.2. The summed E-state index contributed by atoms with van der Waals surface area (Å²) in [6.07, 6.45) is 9.13. The van der Waals surface area contributed by atoms with Gasteiger partial charge in [0.15, 0.2) is 0 Å². The smallest absolute Gasteiger partial charge is 0.131 e. The molecule has 4 aliphatic carbocycles. The van der Waals surface area contributed by atoms with Crippen LogP contribution in [0.5, 0.6) is 0 Å². The molecule has 1 heterocycles. The Morgan fingerprint density at radius 1 is 1.10 bits per heavy atom. The van der Waals surface area contributed by atoms with E-state index in [0.717, 1.165) is 35.2 Å². The van der Waals surface area contributed by atoms with Crippen LogP contribution in [0.1, 0.15) is 37.7 Å². The first-order chi connectivity index (χ1) is 9.61. The lowest BCUT2D eigenvalue weighted by Gasteiger charge is -2.57. The van der Waals surface area contributed by atoms with E-state index in [-0.39, 0.29) is 0 Å². The van der Waals surface area contributed by atoms with Crippen LogP contribution in [-0.4, -0.2) is 18.1 Å². The molecule has 4 bridgehead atoms. The monoisotopic (exact) mass is 271 g/mol. The Labute approximate surface area is 121 Å². The second-order valence-electron chi connectivity index (χ2n) is 7.44. The van der Waals surface area contributed by atoms with Gasteiger partial charge in [-0.3, -0.25) is 0 Å². The van der Waals surface area contributed by atoms with Gasteiger partial charge in [-0.2, -0.15) is 0 Å². The molecule has 0 saturated heterocycles. The lowest BCUT2D eigenvalue weighted by atomic mass is 9.54. The Morgan fingerprint density at radius 2 is 1.70 bits per heavy atom. The van der Waals surface area contributed by atoms with Crippen molar-refractivity contribution in [1.29, 1.82) is 0 Å². The first-order valence-electron chi connectivity index (χ1n) is 8.06. The van der Waals surface area contributed by atoms with Gasteiger partial charge in [-0.1, -0.05) is 0 Å². The molecule has 0 aliphatic heterocycles. The molecule has 20 heavy (non-hydrogen) atoms. The Kier molecular flexibility index (Phi) is 2.73. The van der Waals surface area contributed by atoms with Gasteiger partial charge in [0.1, 0.15) is 5.82 Å². The number of anilines is 2. The van der Waals surface area contributed by atoms with Crippen molar-refractivity contribution >= 4 is 11.5 Å². The summed E-state index contributed by atoms with van der Waals surface area (Å²) in [5.74, 6) is 4.99. The minimum atomic E-state index is 0.706. The summed E-state index contributed by atoms with van der Waals surface area (Å²) in [6.45, 7) is 2.13. The Morgan fingerprint density at radius 3 is 2.25 bits per heavy atom. The molecule has 3 heteroatoms. The molecule has 0 unspecified atom stereocenters. The average Bonchev–Trinajstić information content (AvgIpc) is 2.37. The largest absolute Gasteiger partial charge is 0.397 e. The van der Waals surface area contributed by atoms with E-state index in [1.54, 1.807) is 6.20 Å². The van der Waals surface area contributed by atoms with Gasteiger partial charge in [0.2, 0.25) is 0 Å². The molecule has 5 rings (SSSR count). The molecule has 2 N–H and O–H groups in total. The summed E-state index contributed by atoms with van der Waals surface area (Å²) in [5.41, 5.74) is 7.82. The van der Waals surface area contributed by atoms with Crippen LogP contribution in [0.25, 0.3) is 0 Å². The van der Waals surface area contributed by atoms with Gasteiger partial charge >= 0.3 is 0 Å². The summed E-state index contributed by atoms with van der Waals surface area (Å²) in [5, 5.41) is 0. The summed E-state index contributed by atoms with van der Waals surface area (Å²) in [7, 11) is 2.25. The van der Waals surface area contributed by atoms with E-state index in [0.29, 0.717) is 6.04 Å². The summed E-state index contributed by atoms with van der Waals surface area (Å²) in [4.78, 5) is 7.09. The minimum absolute atomic E-state index is 0.706. The number of hydrogen-bond acceptors (Lipinski definition) is 3. The van der Waals surface area contributed by atoms with Crippen LogP contribution in [-0.2, 0) is 0 Å². The summed E-state index contributed by atoms with van der Waals surface area (Å²) in [6, 6.07) is 2.76. The fourth-order valence-corrected chi connectivity index (χ4v) is 5.63. The highest BCUT2D eigenvalue weighted by molar-refractivity contribution is 5.53. The third-order valence-corrected chi connectivity index (χ3v) is 6.03. The Balaban J connectivity index is 1.63. The van der Waals surface area contributed by atoms with E-state index in [4.69, 9.17) is 5.73 Å². The van der Waals surface area contributed by atoms with E-state index < -0.39 is 0 Å². The molecule has 0 spiro atoms. The molecule has 0 atom stereocenters. The molecule has 4 aliphatic rings. The number of nitrogens with zero attached hydrogens (tertiary/aromatic N) is 2. The SMILES string of the molecule is Cc1cc(N)cnc1N(C)C1C2CC3CC(C2)CC1C3. The van der Waals surface area contributed by atoms with Crippen molar-refractivity contribution in [2.45, 2.75) is 45.1 Å². The molecule has 0 aromatic carbocycles. The average molecular weight is 271 g/mol. The summed E-state index contributed by atoms with van der Waals surface area (Å²) >= 11 is 0. The fourth-order valence-electron chi connectivity index (χ4n) is 5.63. The highest BCUT2D eigenvalue weighted by Crippen LogP contribution is 2.55. The van der Waals surface area contributed by atoms with E-state index in [1.807, 2.05) is 0 Å². The predicted molar refractivity (Wildman–Crippen MR) is 82.6 cm³/mol. The standard InChI is InChI=1S/C17H25N3/c1-10-3-15(18)9-19-17(10)20(2)16-13-5-11-4-12(7-13)8-14(16)6-11/h3,9,11-14,16H,4-8,18H2,1-2H3. The number of nitrogen functional groups attached to an aromatic ring is 1. The normalized spacial score (nSPS) is 38.2. The van der Waals surface area contributed by atoms with Gasteiger partial charge in [-0.15, -0.1) is 0 Å². The van der Waals surface area contributed by atoms with E-state index in [9.17, 15) is 0 Å². The molecule has 1 aromatic heterocycles. The zero-order chi connectivity index (χ0) is 13.9. The molecule has 4 fully saturated rings. The maximum absolute atomic E-state index is 5.84. The number of hydrogen-bond donors (Lipinski definition) is 1. The van der Waals surface area contributed by atoms with Crippen molar-refractivity contribution in [3.05, 3.63) is 17.8 Å². The van der Waals surface area contributed by atoms with Gasteiger partial charge in [0.05, 0.1) is 11.9 Å². The molecule has 3 nitrogen and oxygen atoms in total. The quantitative estimate of drug-likeness (QED) is 0.898. The van der Waals surface area contributed by atoms with Gasteiger partial charge in [0.25, 0.3) is 0 Å². The topological polar surface area (TPSA) is 42.1 Å². The molecule has 0 radical (unpaired) electrons. The van der Waals surface area contributed by atoms with Crippen molar-refractivity contribution in [2.24, 2.45) is 23.7 Å². The number of pyridine rings is 1. The third-order valence-electron chi connectivity index (χ3n) is 6.03. The van der Waals surface area contributed by atoms with Crippen LogP contribution >= 0.6 is 0 Å². The minimum Gasteiger partial charge on any atom is -0.397 e. The number of aromatic nitrogens is 1. The van der Waals surface area contributed by atoms with Gasteiger partial charge in [-0.05, 0) is 74.3 Å². The Hall–Kier alpha value is -1.25. The third kappa shape index (κ3) is 1.82. The van der Waals surface area contributed by atoms with Crippen molar-refractivity contribution in [3.8, 4) is 0 Å². The summed E-state index contributed by atoms with van der Waals surface area (Å²) < 4.78 is 0. The first kappa shape index (κ1) is 12.5. The van der Waals surface area contributed by atoms with Crippen LogP contribution in [0.4, 0.5) is 11.5 Å². The second-order valence-corrected chi connectivity index (χ2v) is 7.44.